The van der Waals surface area contributed by atoms with Crippen LogP contribution in [0, 0.1) is 26.7 Å². The van der Waals surface area contributed by atoms with Crippen LogP contribution in [0.3, 0.4) is 0 Å². The summed E-state index contributed by atoms with van der Waals surface area (Å²) in [5.41, 5.74) is 24.6. The van der Waals surface area contributed by atoms with Crippen molar-refractivity contribution in [3.05, 3.63) is 306 Å². The third-order valence-electron chi connectivity index (χ3n) is 16.2. The number of anilines is 9. The molecule has 2 unspecified atom stereocenters. The van der Waals surface area contributed by atoms with Crippen LogP contribution >= 0.6 is 0 Å². The van der Waals surface area contributed by atoms with E-state index in [4.69, 9.17) is 0 Å². The average molecular weight is 1040 g/mol. The van der Waals surface area contributed by atoms with Gasteiger partial charge in [-0.05, 0) is 227 Å². The molecule has 0 fully saturated rings. The normalized spacial score (nSPS) is 15.9. The predicted molar refractivity (Wildman–Crippen MR) is 341 cm³/mol. The van der Waals surface area contributed by atoms with Crippen molar-refractivity contribution in [1.82, 2.24) is 0 Å². The molecule has 3 aliphatic carbocycles. The Labute approximate surface area is 474 Å². The molecule has 12 rings (SSSR count). The number of hydrogen-bond acceptors (Lipinski definition) is 4. The third kappa shape index (κ3) is 11.4. The summed E-state index contributed by atoms with van der Waals surface area (Å²) in [5.74, 6) is 0.385. The summed E-state index contributed by atoms with van der Waals surface area (Å²) < 4.78 is 0. The second kappa shape index (κ2) is 23.5. The van der Waals surface area contributed by atoms with Crippen LogP contribution in [-0.4, -0.2) is 6.04 Å². The number of aryl methyl sites for hydroxylation is 3. The summed E-state index contributed by atoms with van der Waals surface area (Å²) in [6, 6.07) is 84.9. The van der Waals surface area contributed by atoms with E-state index in [0.29, 0.717) is 12.0 Å². The zero-order valence-corrected chi connectivity index (χ0v) is 46.6. The molecule has 9 aromatic rings. The fraction of sp³-hybridized carbons (Fsp3) is 0.158. The first-order chi connectivity index (χ1) is 39.3. The van der Waals surface area contributed by atoms with Gasteiger partial charge in [0.25, 0.3) is 0 Å². The Morgan fingerprint density at radius 2 is 0.800 bits per heavy atom. The molecule has 0 bridgehead atoms. The third-order valence-corrected chi connectivity index (χ3v) is 16.2. The largest absolute Gasteiger partial charge is 0.338 e. The van der Waals surface area contributed by atoms with Crippen LogP contribution in [0.5, 0.6) is 0 Å². The first-order valence-electron chi connectivity index (χ1n) is 28.6. The van der Waals surface area contributed by atoms with Crippen molar-refractivity contribution < 1.29 is 0 Å². The van der Waals surface area contributed by atoms with E-state index in [1.807, 2.05) is 0 Å². The van der Waals surface area contributed by atoms with Crippen molar-refractivity contribution in [2.45, 2.75) is 72.3 Å². The average Bonchev–Trinajstić information content (AvgIpc) is 3.51. The molecule has 80 heavy (non-hydrogen) atoms. The van der Waals surface area contributed by atoms with E-state index in [2.05, 4.69) is 314 Å². The van der Waals surface area contributed by atoms with Crippen LogP contribution in [-0.2, 0) is 0 Å². The van der Waals surface area contributed by atoms with Gasteiger partial charge >= 0.3 is 0 Å². The SMILES string of the molecule is CC1=CCCC(N(c2ccc(-c3ccc(N(C4=CCC(C5=CCC(N(c6ccccc6)c6ccc(-c7ccc(N(c8cccc(C)c8)c8cccc(C)c8)cc7)cc6)CC5)C=C4)c4ccccc4)cc3)cc2)c2cccc(C)c2)=C1. The minimum absolute atomic E-state index is 0.350. The molecular weight excluding hydrogens is 969 g/mol. The Hall–Kier alpha value is -9.12. The van der Waals surface area contributed by atoms with Crippen LogP contribution in [0.4, 0.5) is 51.2 Å². The van der Waals surface area contributed by atoms with Crippen molar-refractivity contribution in [1.29, 1.82) is 0 Å². The molecule has 3 aliphatic rings. The zero-order valence-electron chi connectivity index (χ0n) is 46.6. The van der Waals surface area contributed by atoms with Gasteiger partial charge in [0.15, 0.2) is 0 Å². The van der Waals surface area contributed by atoms with Crippen LogP contribution in [0.1, 0.15) is 62.1 Å². The molecule has 394 valence electrons. The molecule has 0 aliphatic heterocycles. The van der Waals surface area contributed by atoms with Crippen LogP contribution in [0.15, 0.2) is 290 Å². The van der Waals surface area contributed by atoms with Crippen LogP contribution in [0.25, 0.3) is 22.3 Å². The summed E-state index contributed by atoms with van der Waals surface area (Å²) in [4.78, 5) is 9.76. The molecule has 0 spiro atoms. The van der Waals surface area contributed by atoms with E-state index in [1.54, 1.807) is 5.57 Å². The lowest BCUT2D eigenvalue weighted by Crippen LogP contribution is -2.33. The summed E-state index contributed by atoms with van der Waals surface area (Å²) in [7, 11) is 0. The Bertz CT molecular complexity index is 3710. The fourth-order valence-corrected chi connectivity index (χ4v) is 12.1. The number of hydrogen-bond donors (Lipinski definition) is 0. The van der Waals surface area contributed by atoms with Gasteiger partial charge in [0.05, 0.1) is 0 Å². The highest BCUT2D eigenvalue weighted by Crippen LogP contribution is 2.42. The minimum atomic E-state index is 0.350. The molecule has 0 amide bonds. The van der Waals surface area contributed by atoms with Gasteiger partial charge in [-0.25, -0.2) is 0 Å². The van der Waals surface area contributed by atoms with E-state index in [9.17, 15) is 0 Å². The Kier molecular flexibility index (Phi) is 15.1. The lowest BCUT2D eigenvalue weighted by atomic mass is 9.82. The van der Waals surface area contributed by atoms with Crippen molar-refractivity contribution in [3.8, 4) is 22.3 Å². The molecule has 0 saturated carbocycles. The summed E-state index contributed by atoms with van der Waals surface area (Å²) in [6.07, 6.45) is 20.7. The molecule has 0 N–H and O–H groups in total. The van der Waals surface area contributed by atoms with Gasteiger partial charge in [0.2, 0.25) is 0 Å². The maximum Gasteiger partial charge on any atom is 0.0464 e. The second-order valence-electron chi connectivity index (χ2n) is 21.9. The van der Waals surface area contributed by atoms with Gasteiger partial charge in [0, 0.05) is 74.5 Å². The molecular formula is C76H70N4. The molecule has 0 aromatic heterocycles. The highest BCUT2D eigenvalue weighted by molar-refractivity contribution is 5.80. The topological polar surface area (TPSA) is 13.0 Å². The van der Waals surface area contributed by atoms with E-state index >= 15 is 0 Å². The quantitative estimate of drug-likeness (QED) is 0.0949. The van der Waals surface area contributed by atoms with Crippen LogP contribution < -0.4 is 19.6 Å². The number of allylic oxidation sites excluding steroid dienone is 8. The standard InChI is InChI=1S/C76H70N4/c1-55-15-11-23-73(51-55)79(74-24-12-16-56(2)52-74)71-47-35-63(36-48-71)61-31-43-69(44-32-61)77(65-19-7-5-8-20-65)67-39-27-59(28-40-67)60-29-41-68(42-30-60)78(66-21-9-6-10-22-66)70-45-33-62(34-46-70)64-37-49-72(50-38-64)80(75-25-13-17-57(3)53-75)76-26-14-18-58(4)54-76/h5-13,15-25,27,29,31-38,41-54,60,67H,14,26,28,30,39-40H2,1-4H3. The molecule has 0 radical (unpaired) electrons. The van der Waals surface area contributed by atoms with Gasteiger partial charge < -0.3 is 19.6 Å². The van der Waals surface area contributed by atoms with Crippen molar-refractivity contribution in [3.63, 3.8) is 0 Å². The van der Waals surface area contributed by atoms with Gasteiger partial charge in [-0.15, -0.1) is 0 Å². The Balaban J connectivity index is 0.735. The summed E-state index contributed by atoms with van der Waals surface area (Å²) in [5, 5.41) is 0. The summed E-state index contributed by atoms with van der Waals surface area (Å²) in [6.45, 7) is 8.69. The molecule has 9 aromatic carbocycles. The van der Waals surface area contributed by atoms with Crippen molar-refractivity contribution in [2.75, 3.05) is 19.6 Å². The lowest BCUT2D eigenvalue weighted by molar-refractivity contribution is 0.544. The van der Waals surface area contributed by atoms with E-state index in [1.165, 1.54) is 78.7 Å². The molecule has 2 atom stereocenters. The summed E-state index contributed by atoms with van der Waals surface area (Å²) >= 11 is 0. The molecule has 0 heterocycles. The maximum atomic E-state index is 2.57. The van der Waals surface area contributed by atoms with E-state index in [0.717, 1.165) is 67.0 Å². The second-order valence-corrected chi connectivity index (χ2v) is 21.9. The molecule has 4 nitrogen and oxygen atoms in total. The first-order valence-corrected chi connectivity index (χ1v) is 28.6. The lowest BCUT2D eigenvalue weighted by Gasteiger charge is -2.37. The smallest absolute Gasteiger partial charge is 0.0464 e. The molecule has 0 saturated heterocycles. The number of nitrogens with zero attached hydrogens (tertiary/aromatic N) is 4. The van der Waals surface area contributed by atoms with E-state index in [-0.39, 0.29) is 0 Å². The minimum Gasteiger partial charge on any atom is -0.338 e. The highest BCUT2D eigenvalue weighted by atomic mass is 15.2. The van der Waals surface area contributed by atoms with E-state index < -0.39 is 0 Å². The Morgan fingerprint density at radius 1 is 0.362 bits per heavy atom. The van der Waals surface area contributed by atoms with Gasteiger partial charge in [-0.3, -0.25) is 0 Å². The zero-order chi connectivity index (χ0) is 54.4. The van der Waals surface area contributed by atoms with Gasteiger partial charge in [-0.1, -0.05) is 157 Å². The number of rotatable bonds is 15. The monoisotopic (exact) mass is 1040 g/mol. The number of benzene rings is 9. The fourth-order valence-electron chi connectivity index (χ4n) is 12.1. The van der Waals surface area contributed by atoms with Crippen molar-refractivity contribution in [2.24, 2.45) is 5.92 Å². The van der Waals surface area contributed by atoms with Crippen LogP contribution in [0.2, 0.25) is 0 Å². The predicted octanol–water partition coefficient (Wildman–Crippen LogP) is 21.1. The van der Waals surface area contributed by atoms with Crippen molar-refractivity contribution >= 4 is 51.2 Å². The van der Waals surface area contributed by atoms with Gasteiger partial charge in [0.1, 0.15) is 0 Å². The van der Waals surface area contributed by atoms with Gasteiger partial charge in [-0.2, -0.15) is 0 Å². The first kappa shape index (κ1) is 51.6. The Morgan fingerprint density at radius 3 is 1.26 bits per heavy atom. The molecule has 4 heteroatoms. The highest BCUT2D eigenvalue weighted by Gasteiger charge is 2.27. The maximum absolute atomic E-state index is 2.57. The number of para-hydroxylation sites is 2.